The number of benzene rings is 1. The van der Waals surface area contributed by atoms with Gasteiger partial charge >= 0.3 is 0 Å². The highest BCUT2D eigenvalue weighted by atomic mass is 16.5. The van der Waals surface area contributed by atoms with Gasteiger partial charge in [-0.2, -0.15) is 0 Å². The maximum Gasteiger partial charge on any atom is 0.124 e. The van der Waals surface area contributed by atoms with Crippen molar-refractivity contribution in [1.29, 1.82) is 0 Å². The third-order valence-corrected chi connectivity index (χ3v) is 4.38. The van der Waals surface area contributed by atoms with Gasteiger partial charge in [0, 0.05) is 24.7 Å². The van der Waals surface area contributed by atoms with Gasteiger partial charge in [0.25, 0.3) is 0 Å². The second kappa shape index (κ2) is 6.15. The summed E-state index contributed by atoms with van der Waals surface area (Å²) in [5.41, 5.74) is 7.40. The molecule has 3 heteroatoms. The Morgan fingerprint density at radius 1 is 1.25 bits per heavy atom. The highest BCUT2D eigenvalue weighted by Gasteiger charge is 2.38. The smallest absolute Gasteiger partial charge is 0.124 e. The highest BCUT2D eigenvalue weighted by molar-refractivity contribution is 5.36. The van der Waals surface area contributed by atoms with E-state index in [1.54, 1.807) is 0 Å². The van der Waals surface area contributed by atoms with Gasteiger partial charge in [-0.15, -0.1) is 0 Å². The Kier molecular flexibility index (Phi) is 4.27. The van der Waals surface area contributed by atoms with Gasteiger partial charge in [0.15, 0.2) is 0 Å². The van der Waals surface area contributed by atoms with Crippen molar-refractivity contribution in [1.82, 2.24) is 4.90 Å². The molecule has 1 aromatic carbocycles. The Bertz CT molecular complexity index is 440. The number of rotatable bonds is 8. The molecule has 2 N–H and O–H groups in total. The third kappa shape index (κ3) is 3.15. The summed E-state index contributed by atoms with van der Waals surface area (Å²) in [6, 6.07) is 9.46. The summed E-state index contributed by atoms with van der Waals surface area (Å²) < 4.78 is 5.81. The van der Waals surface area contributed by atoms with Gasteiger partial charge in [0.2, 0.25) is 0 Å². The Morgan fingerprint density at radius 2 is 2.00 bits per heavy atom. The minimum absolute atomic E-state index is 0.311. The van der Waals surface area contributed by atoms with E-state index in [4.69, 9.17) is 10.5 Å². The largest absolute Gasteiger partial charge is 0.494 e. The van der Waals surface area contributed by atoms with Gasteiger partial charge in [-0.1, -0.05) is 18.2 Å². The molecule has 2 fully saturated rings. The summed E-state index contributed by atoms with van der Waals surface area (Å²) in [7, 11) is 0. The molecule has 0 aliphatic heterocycles. The lowest BCUT2D eigenvalue weighted by Crippen LogP contribution is -2.37. The van der Waals surface area contributed by atoms with Crippen LogP contribution in [0.1, 0.15) is 44.2 Å². The average molecular weight is 274 g/mol. The van der Waals surface area contributed by atoms with E-state index in [2.05, 4.69) is 23.1 Å². The van der Waals surface area contributed by atoms with Crippen molar-refractivity contribution in [2.75, 3.05) is 19.7 Å². The first-order chi connectivity index (χ1) is 9.83. The molecule has 110 valence electrons. The molecule has 0 saturated heterocycles. The van der Waals surface area contributed by atoms with E-state index in [1.165, 1.54) is 37.8 Å². The molecule has 1 atom stereocenters. The van der Waals surface area contributed by atoms with Crippen molar-refractivity contribution in [3.8, 4) is 5.75 Å². The second-order valence-corrected chi connectivity index (χ2v) is 6.09. The van der Waals surface area contributed by atoms with Gasteiger partial charge in [-0.25, -0.2) is 0 Å². The van der Waals surface area contributed by atoms with E-state index in [-0.39, 0.29) is 0 Å². The molecule has 2 aliphatic rings. The molecule has 0 spiro atoms. The van der Waals surface area contributed by atoms with Crippen LogP contribution in [0.15, 0.2) is 24.3 Å². The average Bonchev–Trinajstić information content (AvgIpc) is 3.34. The molecule has 3 nitrogen and oxygen atoms in total. The van der Waals surface area contributed by atoms with Crippen molar-refractivity contribution in [3.63, 3.8) is 0 Å². The van der Waals surface area contributed by atoms with Crippen LogP contribution in [0.25, 0.3) is 0 Å². The van der Waals surface area contributed by atoms with Gasteiger partial charge in [0.1, 0.15) is 5.75 Å². The molecule has 0 radical (unpaired) electrons. The predicted molar refractivity (Wildman–Crippen MR) is 81.9 cm³/mol. The Balaban J connectivity index is 1.82. The Labute approximate surface area is 122 Å². The van der Waals surface area contributed by atoms with Crippen LogP contribution in [0.3, 0.4) is 0 Å². The van der Waals surface area contributed by atoms with Crippen LogP contribution in [0.5, 0.6) is 5.75 Å². The number of nitrogens with zero attached hydrogens (tertiary/aromatic N) is 1. The number of nitrogens with two attached hydrogens (primary N) is 1. The predicted octanol–water partition coefficient (Wildman–Crippen LogP) is 2.96. The summed E-state index contributed by atoms with van der Waals surface area (Å²) >= 11 is 0. The molecular formula is C17H26N2O. The van der Waals surface area contributed by atoms with E-state index in [0.29, 0.717) is 19.2 Å². The fraction of sp³-hybridized carbons (Fsp3) is 0.647. The zero-order valence-corrected chi connectivity index (χ0v) is 12.4. The molecule has 0 amide bonds. The minimum atomic E-state index is 0.311. The molecule has 1 unspecified atom stereocenters. The fourth-order valence-electron chi connectivity index (χ4n) is 3.02. The standard InChI is InChI=1S/C17H26N2O/c1-2-20-17-6-4-3-5-15(17)16(11-18)19(14-9-10-14)12-13-7-8-13/h3-6,13-14,16H,2,7-12,18H2,1H3. The second-order valence-electron chi connectivity index (χ2n) is 6.09. The fourth-order valence-corrected chi connectivity index (χ4v) is 3.02. The minimum Gasteiger partial charge on any atom is -0.494 e. The number of ether oxygens (including phenoxy) is 1. The summed E-state index contributed by atoms with van der Waals surface area (Å²) in [5.74, 6) is 1.91. The maximum absolute atomic E-state index is 6.14. The van der Waals surface area contributed by atoms with E-state index in [1.807, 2.05) is 13.0 Å². The van der Waals surface area contributed by atoms with Crippen LogP contribution in [0.2, 0.25) is 0 Å². The van der Waals surface area contributed by atoms with E-state index in [0.717, 1.165) is 17.7 Å². The Hall–Kier alpha value is -1.06. The summed E-state index contributed by atoms with van der Waals surface area (Å²) in [6.45, 7) is 4.64. The zero-order valence-electron chi connectivity index (χ0n) is 12.4. The van der Waals surface area contributed by atoms with Crippen molar-refractivity contribution in [3.05, 3.63) is 29.8 Å². The molecule has 0 aromatic heterocycles. The lowest BCUT2D eigenvalue weighted by atomic mass is 10.0. The molecule has 20 heavy (non-hydrogen) atoms. The first-order valence-electron chi connectivity index (χ1n) is 8.01. The quantitative estimate of drug-likeness (QED) is 0.792. The zero-order chi connectivity index (χ0) is 13.9. The molecule has 3 rings (SSSR count). The highest BCUT2D eigenvalue weighted by Crippen LogP contribution is 2.41. The molecule has 2 aliphatic carbocycles. The van der Waals surface area contributed by atoms with Crippen LogP contribution < -0.4 is 10.5 Å². The van der Waals surface area contributed by atoms with Crippen molar-refractivity contribution in [2.45, 2.75) is 44.7 Å². The van der Waals surface area contributed by atoms with Crippen molar-refractivity contribution < 1.29 is 4.74 Å². The topological polar surface area (TPSA) is 38.5 Å². The van der Waals surface area contributed by atoms with Gasteiger partial charge in [-0.05, 0) is 44.6 Å². The first kappa shape index (κ1) is 13.9. The van der Waals surface area contributed by atoms with Crippen LogP contribution in [0.4, 0.5) is 0 Å². The summed E-state index contributed by atoms with van der Waals surface area (Å²) in [5, 5.41) is 0. The number of para-hydroxylation sites is 1. The number of hydrogen-bond donors (Lipinski definition) is 1. The molecule has 2 saturated carbocycles. The monoisotopic (exact) mass is 274 g/mol. The van der Waals surface area contributed by atoms with E-state index in [9.17, 15) is 0 Å². The number of hydrogen-bond acceptors (Lipinski definition) is 3. The van der Waals surface area contributed by atoms with E-state index < -0.39 is 0 Å². The van der Waals surface area contributed by atoms with Gasteiger partial charge in [0.05, 0.1) is 12.6 Å². The lowest BCUT2D eigenvalue weighted by molar-refractivity contribution is 0.178. The molecule has 1 aromatic rings. The van der Waals surface area contributed by atoms with Crippen LogP contribution in [-0.2, 0) is 0 Å². The third-order valence-electron chi connectivity index (χ3n) is 4.38. The Morgan fingerprint density at radius 3 is 2.60 bits per heavy atom. The molecular weight excluding hydrogens is 248 g/mol. The first-order valence-corrected chi connectivity index (χ1v) is 8.01. The SMILES string of the molecule is CCOc1ccccc1C(CN)N(CC1CC1)C1CC1. The van der Waals surface area contributed by atoms with Gasteiger partial charge < -0.3 is 10.5 Å². The summed E-state index contributed by atoms with van der Waals surface area (Å²) in [6.07, 6.45) is 5.46. The maximum atomic E-state index is 6.14. The summed E-state index contributed by atoms with van der Waals surface area (Å²) in [4.78, 5) is 2.65. The van der Waals surface area contributed by atoms with Crippen molar-refractivity contribution in [2.24, 2.45) is 11.7 Å². The van der Waals surface area contributed by atoms with Crippen LogP contribution in [-0.4, -0.2) is 30.6 Å². The normalized spacial score (nSPS) is 20.1. The van der Waals surface area contributed by atoms with E-state index >= 15 is 0 Å². The lowest BCUT2D eigenvalue weighted by Gasteiger charge is -2.32. The van der Waals surface area contributed by atoms with Crippen LogP contribution >= 0.6 is 0 Å². The molecule has 0 heterocycles. The van der Waals surface area contributed by atoms with Gasteiger partial charge in [-0.3, -0.25) is 4.90 Å². The van der Waals surface area contributed by atoms with Crippen LogP contribution in [0, 0.1) is 5.92 Å². The molecule has 0 bridgehead atoms. The van der Waals surface area contributed by atoms with Crippen molar-refractivity contribution >= 4 is 0 Å².